The van der Waals surface area contributed by atoms with Gasteiger partial charge in [0.15, 0.2) is 5.75 Å². The van der Waals surface area contributed by atoms with Gasteiger partial charge in [-0.05, 0) is 48.4 Å². The summed E-state index contributed by atoms with van der Waals surface area (Å²) >= 11 is 0. The summed E-state index contributed by atoms with van der Waals surface area (Å²) in [4.78, 5) is 57.2. The number of benzene rings is 2. The molecule has 3 aromatic rings. The molecule has 0 radical (unpaired) electrons. The number of methoxy groups -OCH3 is 1. The largest absolute Gasteiger partial charge is 0.497 e. The highest BCUT2D eigenvalue weighted by Crippen LogP contribution is 2.32. The highest BCUT2D eigenvalue weighted by atomic mass is 16.5. The second-order valence-corrected chi connectivity index (χ2v) is 11.3. The van der Waals surface area contributed by atoms with Crippen molar-refractivity contribution in [2.45, 2.75) is 45.2 Å². The number of carbonyl (C=O) groups excluding carboxylic acids is 4. The molecule has 1 aromatic heterocycles. The van der Waals surface area contributed by atoms with E-state index in [0.29, 0.717) is 39.6 Å². The van der Waals surface area contributed by atoms with Crippen molar-refractivity contribution in [1.29, 1.82) is 0 Å². The maximum Gasteiger partial charge on any atom is 0.323 e. The number of rotatable bonds is 11. The van der Waals surface area contributed by atoms with Crippen LogP contribution in [0.1, 0.15) is 60.3 Å². The van der Waals surface area contributed by atoms with Crippen LogP contribution in [0.15, 0.2) is 72.9 Å². The Morgan fingerprint density at radius 3 is 2.56 bits per heavy atom. The predicted octanol–water partition coefficient (Wildman–Crippen LogP) is 4.57. The Morgan fingerprint density at radius 2 is 1.90 bits per heavy atom. The Labute approximate surface area is 279 Å². The summed E-state index contributed by atoms with van der Waals surface area (Å²) in [5.74, 6) is 5.49. The van der Waals surface area contributed by atoms with Crippen LogP contribution in [0.2, 0.25) is 0 Å². The molecule has 1 fully saturated rings. The molecule has 0 bridgehead atoms. The van der Waals surface area contributed by atoms with Crippen molar-refractivity contribution in [3.8, 4) is 34.6 Å². The van der Waals surface area contributed by atoms with Gasteiger partial charge in [-0.25, -0.2) is 9.78 Å². The van der Waals surface area contributed by atoms with E-state index in [1.165, 1.54) is 12.0 Å². The van der Waals surface area contributed by atoms with E-state index in [9.17, 15) is 19.2 Å². The van der Waals surface area contributed by atoms with Gasteiger partial charge in [0.2, 0.25) is 5.54 Å². The molecule has 4 amide bonds. The second kappa shape index (κ2) is 14.7. The third-order valence-electron chi connectivity index (χ3n) is 7.86. The first kappa shape index (κ1) is 33.5. The van der Waals surface area contributed by atoms with E-state index in [0.717, 1.165) is 24.0 Å². The highest BCUT2D eigenvalue weighted by Gasteiger charge is 2.48. The van der Waals surface area contributed by atoms with Crippen LogP contribution in [0.5, 0.6) is 11.5 Å². The van der Waals surface area contributed by atoms with E-state index in [1.807, 2.05) is 25.4 Å². The van der Waals surface area contributed by atoms with Crippen LogP contribution < -0.4 is 25.4 Å². The number of nitrogens with zero attached hydrogens (tertiary/aromatic N) is 2. The number of allylic oxidation sites excluding steroid dienone is 3. The molecule has 2 aliphatic rings. The predicted molar refractivity (Wildman–Crippen MR) is 181 cm³/mol. The van der Waals surface area contributed by atoms with Gasteiger partial charge in [0.05, 0.1) is 19.3 Å². The quantitative estimate of drug-likeness (QED) is 0.119. The van der Waals surface area contributed by atoms with Crippen molar-refractivity contribution in [3.63, 3.8) is 0 Å². The SMILES string of the molecule is CCC/C=C/C(=C\NC)c1ccc(OC(=O)CC)c(-c2ccc(C#C[C@]3(CN4Cc5ccc(OC)cc5C4=O)NC(=O)NC3=O)cc2)n1. The first-order chi connectivity index (χ1) is 23.2. The smallest absolute Gasteiger partial charge is 0.323 e. The summed E-state index contributed by atoms with van der Waals surface area (Å²) in [5.41, 5.74) is 2.87. The molecule has 5 rings (SSSR count). The van der Waals surface area contributed by atoms with E-state index in [4.69, 9.17) is 14.5 Å². The Morgan fingerprint density at radius 1 is 1.10 bits per heavy atom. The number of pyridine rings is 1. The van der Waals surface area contributed by atoms with E-state index >= 15 is 0 Å². The van der Waals surface area contributed by atoms with Crippen LogP contribution in [0.25, 0.3) is 16.8 Å². The maximum atomic E-state index is 13.2. The lowest BCUT2D eigenvalue weighted by molar-refractivity contribution is -0.134. The molecule has 3 N–H and O–H groups in total. The molecule has 0 saturated carbocycles. The fraction of sp³-hybridized carbons (Fsp3) is 0.270. The number of unbranched alkanes of at least 4 members (excludes halogenated alkanes) is 1. The van der Waals surface area contributed by atoms with Gasteiger partial charge >= 0.3 is 12.0 Å². The summed E-state index contributed by atoms with van der Waals surface area (Å²) in [7, 11) is 3.34. The summed E-state index contributed by atoms with van der Waals surface area (Å²) in [6.45, 7) is 3.94. The average molecular weight is 648 g/mol. The molecule has 48 heavy (non-hydrogen) atoms. The number of nitrogens with one attached hydrogen (secondary N) is 3. The van der Waals surface area contributed by atoms with Crippen LogP contribution >= 0.6 is 0 Å². The number of fused-ring (bicyclic) bond motifs is 1. The minimum Gasteiger partial charge on any atom is -0.497 e. The fourth-order valence-corrected chi connectivity index (χ4v) is 5.33. The third-order valence-corrected chi connectivity index (χ3v) is 7.86. The Kier molecular flexibility index (Phi) is 10.2. The minimum atomic E-state index is -1.66. The molecule has 2 aromatic carbocycles. The van der Waals surface area contributed by atoms with Gasteiger partial charge in [-0.2, -0.15) is 0 Å². The van der Waals surface area contributed by atoms with Crippen LogP contribution in [0.4, 0.5) is 4.79 Å². The van der Waals surface area contributed by atoms with Gasteiger partial charge in [0.1, 0.15) is 11.4 Å². The van der Waals surface area contributed by atoms with Gasteiger partial charge < -0.3 is 25.0 Å². The standard InChI is InChI=1S/C37H37N5O6/c1-5-7-8-9-26(21-38-3)30-16-17-31(48-32(43)6-2)33(39-30)25-12-10-24(11-13-25)18-19-37(35(45)40-36(46)41-37)23-42-22-27-14-15-28(47-4)20-29(27)34(42)44/h8-17,20-21,38H,5-7,22-23H2,1-4H3,(H2,40,41,45,46)/b9-8+,26-21+/t37-/m1/s1. The lowest BCUT2D eigenvalue weighted by atomic mass is 9.98. The number of esters is 1. The molecule has 11 heteroatoms. The first-order valence-electron chi connectivity index (χ1n) is 15.7. The second-order valence-electron chi connectivity index (χ2n) is 11.3. The van der Waals surface area contributed by atoms with Gasteiger partial charge in [0.25, 0.3) is 11.8 Å². The van der Waals surface area contributed by atoms with Crippen molar-refractivity contribution in [3.05, 3.63) is 95.3 Å². The molecule has 0 unspecified atom stereocenters. The Bertz CT molecular complexity index is 1870. The zero-order chi connectivity index (χ0) is 34.3. The number of urea groups is 1. The molecule has 11 nitrogen and oxygen atoms in total. The van der Waals surface area contributed by atoms with Gasteiger partial charge in [0, 0.05) is 48.5 Å². The number of imide groups is 1. The first-order valence-corrected chi connectivity index (χ1v) is 15.7. The molecule has 0 spiro atoms. The molecule has 3 heterocycles. The zero-order valence-corrected chi connectivity index (χ0v) is 27.3. The molecular weight excluding hydrogens is 610 g/mol. The third kappa shape index (κ3) is 7.23. The van der Waals surface area contributed by atoms with Crippen LogP contribution in [0.3, 0.4) is 0 Å². The topological polar surface area (TPSA) is 139 Å². The maximum absolute atomic E-state index is 13.2. The fourth-order valence-electron chi connectivity index (χ4n) is 5.33. The number of aromatic nitrogens is 1. The summed E-state index contributed by atoms with van der Waals surface area (Å²) < 4.78 is 10.9. The van der Waals surface area contributed by atoms with E-state index in [2.05, 4.69) is 40.8 Å². The average Bonchev–Trinajstić information content (AvgIpc) is 3.56. The van der Waals surface area contributed by atoms with Crippen molar-refractivity contribution in [1.82, 2.24) is 25.8 Å². The van der Waals surface area contributed by atoms with Gasteiger partial charge in [-0.15, -0.1) is 0 Å². The zero-order valence-electron chi connectivity index (χ0n) is 27.3. The summed E-state index contributed by atoms with van der Waals surface area (Å²) in [5, 5.41) is 7.95. The van der Waals surface area contributed by atoms with E-state index in [1.54, 1.807) is 55.5 Å². The number of carbonyl (C=O) groups is 4. The minimum absolute atomic E-state index is 0.149. The van der Waals surface area contributed by atoms with Crippen LogP contribution in [-0.4, -0.2) is 59.9 Å². The van der Waals surface area contributed by atoms with Crippen molar-refractivity contribution >= 4 is 29.4 Å². The van der Waals surface area contributed by atoms with Crippen molar-refractivity contribution in [2.75, 3.05) is 20.7 Å². The van der Waals surface area contributed by atoms with Crippen molar-refractivity contribution < 1.29 is 28.7 Å². The molecule has 1 saturated heterocycles. The van der Waals surface area contributed by atoms with Crippen LogP contribution in [0, 0.1) is 11.8 Å². The number of hydrogen-bond acceptors (Lipinski definition) is 8. The molecule has 246 valence electrons. The van der Waals surface area contributed by atoms with Gasteiger partial charge in [-0.1, -0.05) is 62.5 Å². The highest BCUT2D eigenvalue weighted by molar-refractivity contribution is 6.10. The normalized spacial score (nSPS) is 17.0. The van der Waals surface area contributed by atoms with E-state index < -0.39 is 17.5 Å². The number of hydrogen-bond donors (Lipinski definition) is 3. The van der Waals surface area contributed by atoms with Crippen molar-refractivity contribution in [2.24, 2.45) is 0 Å². The number of ether oxygens (including phenoxy) is 2. The Balaban J connectivity index is 1.44. The van der Waals surface area contributed by atoms with Crippen LogP contribution in [-0.2, 0) is 16.1 Å². The monoisotopic (exact) mass is 647 g/mol. The molecule has 0 aliphatic carbocycles. The lowest BCUT2D eigenvalue weighted by Crippen LogP contribution is -2.54. The Hall–Kier alpha value is -5.89. The van der Waals surface area contributed by atoms with E-state index in [-0.39, 0.29) is 31.4 Å². The lowest BCUT2D eigenvalue weighted by Gasteiger charge is -2.26. The number of amides is 4. The molecular formula is C37H37N5O6. The summed E-state index contributed by atoms with van der Waals surface area (Å²) in [6.07, 6.45) is 8.08. The summed E-state index contributed by atoms with van der Waals surface area (Å²) in [6, 6.07) is 15.2. The van der Waals surface area contributed by atoms with Gasteiger partial charge in [-0.3, -0.25) is 19.7 Å². The molecule has 2 aliphatic heterocycles. The molecule has 1 atom stereocenters.